The van der Waals surface area contributed by atoms with E-state index in [-0.39, 0.29) is 11.9 Å². The Balaban J connectivity index is 1.37. The van der Waals surface area contributed by atoms with Crippen molar-refractivity contribution >= 4 is 28.6 Å². The maximum absolute atomic E-state index is 12.7. The van der Waals surface area contributed by atoms with Crippen molar-refractivity contribution in [2.24, 2.45) is 0 Å². The zero-order valence-corrected chi connectivity index (χ0v) is 16.3. The van der Waals surface area contributed by atoms with Crippen LogP contribution in [0.1, 0.15) is 18.4 Å². The fourth-order valence-electron chi connectivity index (χ4n) is 3.66. The predicted molar refractivity (Wildman–Crippen MR) is 112 cm³/mol. The SMILES string of the molecule is COc1ccccc1CC(=O)N1CCC(Nc2ncnc3nc(N)ccc23)CC1. The molecule has 0 saturated carbocycles. The molecule has 29 heavy (non-hydrogen) atoms. The molecule has 3 aromatic rings. The van der Waals surface area contributed by atoms with E-state index in [1.165, 1.54) is 6.33 Å². The van der Waals surface area contributed by atoms with Gasteiger partial charge in [0, 0.05) is 24.7 Å². The lowest BCUT2D eigenvalue weighted by Crippen LogP contribution is -2.43. The highest BCUT2D eigenvalue weighted by molar-refractivity contribution is 5.87. The number of carbonyl (C=O) groups is 1. The number of nitrogen functional groups attached to an aromatic ring is 1. The average molecular weight is 392 g/mol. The molecule has 1 aromatic carbocycles. The van der Waals surface area contributed by atoms with E-state index in [1.807, 2.05) is 35.2 Å². The molecule has 1 aliphatic heterocycles. The van der Waals surface area contributed by atoms with Crippen LogP contribution in [0.4, 0.5) is 11.6 Å². The highest BCUT2D eigenvalue weighted by Crippen LogP contribution is 2.23. The first kappa shape index (κ1) is 18.9. The Morgan fingerprint density at radius 1 is 1.21 bits per heavy atom. The van der Waals surface area contributed by atoms with Crippen LogP contribution in [-0.2, 0) is 11.2 Å². The summed E-state index contributed by atoms with van der Waals surface area (Å²) in [5.74, 6) is 2.06. The third-order valence-corrected chi connectivity index (χ3v) is 5.24. The Bertz CT molecular complexity index is 1020. The number of methoxy groups -OCH3 is 1. The minimum atomic E-state index is 0.125. The zero-order valence-electron chi connectivity index (χ0n) is 16.3. The molecule has 8 heteroatoms. The lowest BCUT2D eigenvalue weighted by atomic mass is 10.0. The summed E-state index contributed by atoms with van der Waals surface area (Å²) in [5, 5.41) is 4.32. The summed E-state index contributed by atoms with van der Waals surface area (Å²) in [4.78, 5) is 27.4. The number of hydrogen-bond acceptors (Lipinski definition) is 7. The van der Waals surface area contributed by atoms with Crippen LogP contribution in [0.3, 0.4) is 0 Å². The van der Waals surface area contributed by atoms with Crippen molar-refractivity contribution in [1.29, 1.82) is 0 Å². The molecule has 150 valence electrons. The van der Waals surface area contributed by atoms with Crippen LogP contribution in [0.15, 0.2) is 42.7 Å². The molecule has 0 unspecified atom stereocenters. The Hall–Kier alpha value is -3.42. The first-order valence-corrected chi connectivity index (χ1v) is 9.67. The van der Waals surface area contributed by atoms with Crippen LogP contribution in [-0.4, -0.2) is 52.0 Å². The molecule has 4 rings (SSSR count). The first-order valence-electron chi connectivity index (χ1n) is 9.67. The number of nitrogens with one attached hydrogen (secondary N) is 1. The van der Waals surface area contributed by atoms with E-state index in [0.717, 1.165) is 35.4 Å². The highest BCUT2D eigenvalue weighted by atomic mass is 16.5. The molecule has 2 aromatic heterocycles. The van der Waals surface area contributed by atoms with Crippen LogP contribution >= 0.6 is 0 Å². The second-order valence-electron chi connectivity index (χ2n) is 7.12. The van der Waals surface area contributed by atoms with Gasteiger partial charge in [0.05, 0.1) is 18.9 Å². The Labute approximate surface area is 169 Å². The van der Waals surface area contributed by atoms with Crippen molar-refractivity contribution in [2.45, 2.75) is 25.3 Å². The molecule has 8 nitrogen and oxygen atoms in total. The van der Waals surface area contributed by atoms with Gasteiger partial charge in [-0.3, -0.25) is 4.79 Å². The third kappa shape index (κ3) is 4.21. The number of ether oxygens (including phenoxy) is 1. The number of fused-ring (bicyclic) bond motifs is 1. The van der Waals surface area contributed by atoms with Crippen LogP contribution in [0.5, 0.6) is 5.75 Å². The molecule has 0 spiro atoms. The monoisotopic (exact) mass is 392 g/mol. The first-order chi connectivity index (χ1) is 14.1. The van der Waals surface area contributed by atoms with Gasteiger partial charge < -0.3 is 20.7 Å². The van der Waals surface area contributed by atoms with Gasteiger partial charge in [-0.1, -0.05) is 18.2 Å². The van der Waals surface area contributed by atoms with Crippen molar-refractivity contribution < 1.29 is 9.53 Å². The van der Waals surface area contributed by atoms with E-state index in [9.17, 15) is 4.79 Å². The summed E-state index contributed by atoms with van der Waals surface area (Å²) in [6, 6.07) is 11.5. The summed E-state index contributed by atoms with van der Waals surface area (Å²) in [6.07, 6.45) is 3.55. The fourth-order valence-corrected chi connectivity index (χ4v) is 3.66. The lowest BCUT2D eigenvalue weighted by molar-refractivity contribution is -0.131. The lowest BCUT2D eigenvalue weighted by Gasteiger charge is -2.33. The molecule has 0 bridgehead atoms. The minimum Gasteiger partial charge on any atom is -0.496 e. The van der Waals surface area contributed by atoms with E-state index in [1.54, 1.807) is 13.2 Å². The number of amides is 1. The minimum absolute atomic E-state index is 0.125. The quantitative estimate of drug-likeness (QED) is 0.686. The number of para-hydroxylation sites is 1. The largest absolute Gasteiger partial charge is 0.496 e. The molecule has 3 N–H and O–H groups in total. The smallest absolute Gasteiger partial charge is 0.227 e. The third-order valence-electron chi connectivity index (χ3n) is 5.24. The van der Waals surface area contributed by atoms with Crippen molar-refractivity contribution in [3.05, 3.63) is 48.3 Å². The van der Waals surface area contributed by atoms with Crippen molar-refractivity contribution in [3.63, 3.8) is 0 Å². The predicted octanol–water partition coefficient (Wildman–Crippen LogP) is 2.26. The van der Waals surface area contributed by atoms with Gasteiger partial charge in [-0.2, -0.15) is 0 Å². The zero-order chi connectivity index (χ0) is 20.2. The second kappa shape index (κ2) is 8.30. The number of aromatic nitrogens is 3. The van der Waals surface area contributed by atoms with Gasteiger partial charge >= 0.3 is 0 Å². The van der Waals surface area contributed by atoms with E-state index >= 15 is 0 Å². The van der Waals surface area contributed by atoms with Crippen molar-refractivity contribution in [1.82, 2.24) is 19.9 Å². The number of likely N-dealkylation sites (tertiary alicyclic amines) is 1. The Kier molecular flexibility index (Phi) is 5.41. The Morgan fingerprint density at radius 3 is 2.79 bits per heavy atom. The number of anilines is 2. The molecule has 0 aliphatic carbocycles. The van der Waals surface area contributed by atoms with Gasteiger partial charge in [0.2, 0.25) is 5.91 Å². The van der Waals surface area contributed by atoms with Crippen LogP contribution < -0.4 is 15.8 Å². The van der Waals surface area contributed by atoms with E-state index in [2.05, 4.69) is 20.3 Å². The van der Waals surface area contributed by atoms with Crippen LogP contribution in [0.25, 0.3) is 11.0 Å². The molecule has 1 fully saturated rings. The molecular weight excluding hydrogens is 368 g/mol. The molecule has 1 aliphatic rings. The van der Waals surface area contributed by atoms with Crippen molar-refractivity contribution in [3.8, 4) is 5.75 Å². The molecule has 3 heterocycles. The maximum atomic E-state index is 12.7. The number of carbonyl (C=O) groups excluding carboxylic acids is 1. The number of rotatable bonds is 5. The normalized spacial score (nSPS) is 14.7. The van der Waals surface area contributed by atoms with Gasteiger partial charge in [0.1, 0.15) is 23.7 Å². The van der Waals surface area contributed by atoms with Gasteiger partial charge in [0.15, 0.2) is 5.65 Å². The molecular formula is C21H24N6O2. The highest BCUT2D eigenvalue weighted by Gasteiger charge is 2.24. The number of benzene rings is 1. The van der Waals surface area contributed by atoms with E-state index in [0.29, 0.717) is 31.0 Å². The Morgan fingerprint density at radius 2 is 2.00 bits per heavy atom. The van der Waals surface area contributed by atoms with Gasteiger partial charge in [0.25, 0.3) is 0 Å². The van der Waals surface area contributed by atoms with E-state index < -0.39 is 0 Å². The molecule has 1 amide bonds. The number of pyridine rings is 1. The maximum Gasteiger partial charge on any atom is 0.227 e. The fraction of sp³-hybridized carbons (Fsp3) is 0.333. The average Bonchev–Trinajstić information content (AvgIpc) is 2.74. The second-order valence-corrected chi connectivity index (χ2v) is 7.12. The molecule has 1 saturated heterocycles. The number of nitrogens with two attached hydrogens (primary N) is 1. The summed E-state index contributed by atoms with van der Waals surface area (Å²) in [5.41, 5.74) is 7.23. The van der Waals surface area contributed by atoms with Crippen LogP contribution in [0.2, 0.25) is 0 Å². The number of hydrogen-bond donors (Lipinski definition) is 2. The van der Waals surface area contributed by atoms with Crippen molar-refractivity contribution in [2.75, 3.05) is 31.2 Å². The van der Waals surface area contributed by atoms with Gasteiger partial charge in [-0.05, 0) is 31.0 Å². The van der Waals surface area contributed by atoms with E-state index in [4.69, 9.17) is 10.5 Å². The topological polar surface area (TPSA) is 106 Å². The number of nitrogens with zero attached hydrogens (tertiary/aromatic N) is 4. The van der Waals surface area contributed by atoms with Crippen LogP contribution in [0, 0.1) is 0 Å². The standard InChI is InChI=1S/C21H24N6O2/c1-29-17-5-3-2-4-14(17)12-19(28)27-10-8-15(9-11-27)25-20-16-6-7-18(22)26-21(16)24-13-23-20/h2-7,13,15H,8-12H2,1H3,(H3,22,23,24,25,26). The van der Waals surface area contributed by atoms with Gasteiger partial charge in [-0.25, -0.2) is 15.0 Å². The summed E-state index contributed by atoms with van der Waals surface area (Å²) >= 11 is 0. The summed E-state index contributed by atoms with van der Waals surface area (Å²) < 4.78 is 5.35. The summed E-state index contributed by atoms with van der Waals surface area (Å²) in [6.45, 7) is 1.42. The summed E-state index contributed by atoms with van der Waals surface area (Å²) in [7, 11) is 1.63. The molecule has 0 radical (unpaired) electrons. The van der Waals surface area contributed by atoms with Gasteiger partial charge in [-0.15, -0.1) is 0 Å². The molecule has 0 atom stereocenters. The number of piperidine rings is 1.